The second kappa shape index (κ2) is 4.71. The predicted octanol–water partition coefficient (Wildman–Crippen LogP) is 5.65. The van der Waals surface area contributed by atoms with Crippen molar-refractivity contribution in [2.24, 2.45) is 0 Å². The van der Waals surface area contributed by atoms with E-state index in [1.54, 1.807) is 0 Å². The molecule has 0 radical (unpaired) electrons. The third kappa shape index (κ3) is 1.72. The topological polar surface area (TPSA) is 22.2 Å². The smallest absolute Gasteiger partial charge is 0.151 e. The number of imidazole rings is 1. The number of aromatic nitrogens is 3. The van der Waals surface area contributed by atoms with Crippen LogP contribution in [0.5, 0.6) is 0 Å². The molecule has 0 saturated heterocycles. The maximum absolute atomic E-state index is 4.89. The minimum absolute atomic E-state index is 0.980. The fourth-order valence-corrected chi connectivity index (χ4v) is 4.74. The Balaban J connectivity index is 1.85. The average molecular weight is 339 g/mol. The minimum atomic E-state index is 0.980. The normalized spacial score (nSPS) is 12.0. The fraction of sp³-hybridized carbons (Fsp3) is 0. The van der Waals surface area contributed by atoms with Crippen molar-refractivity contribution in [3.8, 4) is 5.00 Å². The zero-order valence-corrected chi connectivity index (χ0v) is 14.1. The van der Waals surface area contributed by atoms with Crippen molar-refractivity contribution in [2.75, 3.05) is 0 Å². The first kappa shape index (κ1) is 13.2. The van der Waals surface area contributed by atoms with Crippen molar-refractivity contribution < 1.29 is 0 Å². The Hall–Kier alpha value is -3.11. The van der Waals surface area contributed by atoms with Crippen LogP contribution >= 0.6 is 11.3 Å². The predicted molar refractivity (Wildman–Crippen MR) is 105 cm³/mol. The summed E-state index contributed by atoms with van der Waals surface area (Å²) in [5, 5.41) is 3.69. The molecule has 25 heavy (non-hydrogen) atoms. The molecule has 4 heterocycles. The standard InChI is InChI=1S/C21H13N3S/c1-4-10-17-14(7-1)13-19(25-17)24-16-9-3-2-8-15(16)20-21(24)23-12-6-5-11-18(23)22-20/h1-13H. The number of nitrogens with zero attached hydrogens (tertiary/aromatic N) is 3. The van der Waals surface area contributed by atoms with E-state index in [0.29, 0.717) is 0 Å². The van der Waals surface area contributed by atoms with Gasteiger partial charge in [-0.3, -0.25) is 8.97 Å². The molecule has 0 bridgehead atoms. The molecule has 0 saturated carbocycles. The van der Waals surface area contributed by atoms with Crippen molar-refractivity contribution in [1.82, 2.24) is 14.0 Å². The SMILES string of the molecule is c1ccc2sc(-n3c4ccccc4c4nc5ccccn5c43)cc2c1. The Bertz CT molecular complexity index is 1360. The number of benzene rings is 2. The summed E-state index contributed by atoms with van der Waals surface area (Å²) in [6.07, 6.45) is 2.09. The summed E-state index contributed by atoms with van der Waals surface area (Å²) in [6.45, 7) is 0. The highest BCUT2D eigenvalue weighted by Gasteiger charge is 2.18. The molecule has 4 heteroatoms. The molecule has 2 aromatic carbocycles. The first-order valence-corrected chi connectivity index (χ1v) is 9.07. The zero-order valence-electron chi connectivity index (χ0n) is 13.3. The van der Waals surface area contributed by atoms with Crippen molar-refractivity contribution in [3.05, 3.63) is 79.0 Å². The Labute approximate surface area is 147 Å². The van der Waals surface area contributed by atoms with E-state index in [4.69, 9.17) is 4.98 Å². The first-order chi connectivity index (χ1) is 12.4. The molecule has 0 amide bonds. The van der Waals surface area contributed by atoms with Crippen LogP contribution in [0.1, 0.15) is 0 Å². The van der Waals surface area contributed by atoms with Gasteiger partial charge in [0, 0.05) is 16.3 Å². The maximum Gasteiger partial charge on any atom is 0.151 e. The van der Waals surface area contributed by atoms with Gasteiger partial charge in [0.1, 0.15) is 16.2 Å². The average Bonchev–Trinajstić information content (AvgIpc) is 3.32. The van der Waals surface area contributed by atoms with E-state index in [2.05, 4.69) is 81.9 Å². The van der Waals surface area contributed by atoms with Gasteiger partial charge in [0.2, 0.25) is 0 Å². The second-order valence-electron chi connectivity index (χ2n) is 6.19. The van der Waals surface area contributed by atoms with Gasteiger partial charge in [-0.1, -0.05) is 42.5 Å². The number of thiophene rings is 1. The van der Waals surface area contributed by atoms with Gasteiger partial charge in [0.25, 0.3) is 0 Å². The number of hydrogen-bond donors (Lipinski definition) is 0. The zero-order chi connectivity index (χ0) is 16.4. The maximum atomic E-state index is 4.89. The lowest BCUT2D eigenvalue weighted by atomic mass is 10.2. The van der Waals surface area contributed by atoms with Gasteiger partial charge in [-0.2, -0.15) is 0 Å². The Morgan fingerprint density at radius 3 is 2.64 bits per heavy atom. The van der Waals surface area contributed by atoms with Crippen LogP contribution in [0.3, 0.4) is 0 Å². The molecule has 0 fully saturated rings. The van der Waals surface area contributed by atoms with Crippen LogP contribution in [0.25, 0.3) is 42.8 Å². The van der Waals surface area contributed by atoms with Crippen molar-refractivity contribution in [1.29, 1.82) is 0 Å². The van der Waals surface area contributed by atoms with Crippen molar-refractivity contribution >= 4 is 49.1 Å². The molecule has 6 aromatic rings. The molecular weight excluding hydrogens is 326 g/mol. The number of fused-ring (bicyclic) bond motifs is 6. The van der Waals surface area contributed by atoms with Gasteiger partial charge >= 0.3 is 0 Å². The first-order valence-electron chi connectivity index (χ1n) is 8.25. The summed E-state index contributed by atoms with van der Waals surface area (Å²) in [4.78, 5) is 4.89. The Morgan fingerprint density at radius 2 is 1.68 bits per heavy atom. The molecule has 3 nitrogen and oxygen atoms in total. The molecule has 0 aliphatic carbocycles. The lowest BCUT2D eigenvalue weighted by Crippen LogP contribution is -1.94. The summed E-state index contributed by atoms with van der Waals surface area (Å²) in [5.74, 6) is 0. The molecule has 0 spiro atoms. The molecular formula is C21H13N3S. The summed E-state index contributed by atoms with van der Waals surface area (Å²) < 4.78 is 5.83. The van der Waals surface area contributed by atoms with Crippen LogP contribution in [-0.2, 0) is 0 Å². The fourth-order valence-electron chi connectivity index (χ4n) is 3.66. The van der Waals surface area contributed by atoms with Gasteiger partial charge in [0.05, 0.1) is 5.52 Å². The summed E-state index contributed by atoms with van der Waals surface area (Å²) in [7, 11) is 0. The number of hydrogen-bond acceptors (Lipinski definition) is 2. The van der Waals surface area contributed by atoms with Gasteiger partial charge in [-0.15, -0.1) is 11.3 Å². The Morgan fingerprint density at radius 1 is 0.840 bits per heavy atom. The van der Waals surface area contributed by atoms with E-state index >= 15 is 0 Å². The molecule has 0 unspecified atom stereocenters. The Kier molecular flexibility index (Phi) is 2.49. The quantitative estimate of drug-likeness (QED) is 0.380. The second-order valence-corrected chi connectivity index (χ2v) is 7.25. The highest BCUT2D eigenvalue weighted by molar-refractivity contribution is 7.21. The highest BCUT2D eigenvalue weighted by Crippen LogP contribution is 2.36. The summed E-state index contributed by atoms with van der Waals surface area (Å²) in [6, 6.07) is 25.5. The molecule has 0 N–H and O–H groups in total. The van der Waals surface area contributed by atoms with E-state index in [9.17, 15) is 0 Å². The van der Waals surface area contributed by atoms with E-state index in [1.165, 1.54) is 26.0 Å². The van der Waals surface area contributed by atoms with Crippen molar-refractivity contribution in [3.63, 3.8) is 0 Å². The van der Waals surface area contributed by atoms with Crippen molar-refractivity contribution in [2.45, 2.75) is 0 Å². The molecule has 118 valence electrons. The van der Waals surface area contributed by atoms with Gasteiger partial charge in [-0.25, -0.2) is 4.98 Å². The van der Waals surface area contributed by atoms with E-state index < -0.39 is 0 Å². The van der Waals surface area contributed by atoms with Crippen LogP contribution < -0.4 is 0 Å². The van der Waals surface area contributed by atoms with Crippen LogP contribution in [0, 0.1) is 0 Å². The van der Waals surface area contributed by atoms with Crippen LogP contribution in [0.15, 0.2) is 79.0 Å². The number of rotatable bonds is 1. The van der Waals surface area contributed by atoms with E-state index in [0.717, 1.165) is 16.8 Å². The van der Waals surface area contributed by atoms with Crippen LogP contribution in [-0.4, -0.2) is 14.0 Å². The lowest BCUT2D eigenvalue weighted by Gasteiger charge is -2.04. The van der Waals surface area contributed by atoms with Crippen LogP contribution in [0.4, 0.5) is 0 Å². The van der Waals surface area contributed by atoms with Crippen LogP contribution in [0.2, 0.25) is 0 Å². The van der Waals surface area contributed by atoms with Gasteiger partial charge in [0.15, 0.2) is 5.65 Å². The van der Waals surface area contributed by atoms with Gasteiger partial charge < -0.3 is 0 Å². The molecule has 0 aliphatic heterocycles. The third-order valence-corrected chi connectivity index (χ3v) is 5.85. The summed E-state index contributed by atoms with van der Waals surface area (Å²) >= 11 is 1.82. The lowest BCUT2D eigenvalue weighted by molar-refractivity contribution is 1.11. The van der Waals surface area contributed by atoms with E-state index in [-0.39, 0.29) is 0 Å². The summed E-state index contributed by atoms with van der Waals surface area (Å²) in [5.41, 5.74) is 4.36. The molecule has 6 rings (SSSR count). The van der Waals surface area contributed by atoms with E-state index in [1.807, 2.05) is 17.4 Å². The molecule has 4 aromatic heterocycles. The largest absolute Gasteiger partial charge is 0.285 e. The monoisotopic (exact) mass is 339 g/mol. The number of pyridine rings is 1. The molecule has 0 aliphatic rings. The highest BCUT2D eigenvalue weighted by atomic mass is 32.1. The van der Waals surface area contributed by atoms with Gasteiger partial charge in [-0.05, 0) is 35.7 Å². The number of para-hydroxylation sites is 1. The third-order valence-electron chi connectivity index (χ3n) is 4.75. The minimum Gasteiger partial charge on any atom is -0.285 e. The molecule has 0 atom stereocenters.